The summed E-state index contributed by atoms with van der Waals surface area (Å²) >= 11 is 7.24. The normalized spacial score (nSPS) is 10.8. The summed E-state index contributed by atoms with van der Waals surface area (Å²) in [6, 6.07) is 37.7. The molecule has 0 N–H and O–H groups in total. The van der Waals surface area contributed by atoms with Crippen LogP contribution in [0.4, 0.5) is 11.4 Å². The lowest BCUT2D eigenvalue weighted by molar-refractivity contribution is 1.50. The predicted molar refractivity (Wildman–Crippen MR) is 184 cm³/mol. The quantitative estimate of drug-likeness (QED) is 0.164. The van der Waals surface area contributed by atoms with Gasteiger partial charge in [-0.1, -0.05) is 64.1 Å². The minimum absolute atomic E-state index is 0.973. The van der Waals surface area contributed by atoms with Crippen LogP contribution in [0.25, 0.3) is 29.3 Å². The van der Waals surface area contributed by atoms with Crippen molar-refractivity contribution in [2.75, 3.05) is 0 Å². The second-order valence-corrected chi connectivity index (χ2v) is 12.3. The lowest BCUT2D eigenvalue weighted by Crippen LogP contribution is -1.70. The molecule has 0 bridgehead atoms. The monoisotopic (exact) mass is 596 g/mol. The van der Waals surface area contributed by atoms with Crippen LogP contribution in [-0.2, 0) is 0 Å². The number of rotatable bonds is 7. The van der Waals surface area contributed by atoms with Crippen molar-refractivity contribution in [3.63, 3.8) is 0 Å². The minimum atomic E-state index is 0.973. The van der Waals surface area contributed by atoms with E-state index in [2.05, 4.69) is 58.5 Å². The fourth-order valence-electron chi connectivity index (χ4n) is 3.62. The lowest BCUT2D eigenvalue weighted by atomic mass is 10.3. The summed E-state index contributed by atoms with van der Waals surface area (Å²) in [5, 5.41) is 0. The number of hydrogen-bond acceptors (Lipinski definition) is 6. The Kier molecular flexibility index (Phi) is 11.4. The predicted octanol–water partition coefficient (Wildman–Crippen LogP) is 12.5. The molecule has 202 valence electrons. The Bertz CT molecular complexity index is 1510. The Hall–Kier alpha value is -3.42. The number of benzene rings is 2. The van der Waals surface area contributed by atoms with E-state index < -0.39 is 0 Å². The van der Waals surface area contributed by atoms with Crippen LogP contribution in [0, 0.1) is 0 Å². The molecule has 0 aliphatic carbocycles. The van der Waals surface area contributed by atoms with Crippen LogP contribution in [0.15, 0.2) is 119 Å². The van der Waals surface area contributed by atoms with Crippen molar-refractivity contribution >= 4 is 69.2 Å². The molecule has 0 aliphatic rings. The fraction of sp³-hybridized carbons (Fsp3) is 0.118. The van der Waals surface area contributed by atoms with E-state index in [1.807, 2.05) is 123 Å². The minimum Gasteiger partial charge on any atom is -0.255 e. The highest BCUT2D eigenvalue weighted by Gasteiger charge is 2.11. The van der Waals surface area contributed by atoms with Gasteiger partial charge >= 0.3 is 0 Å². The molecule has 4 aromatic heterocycles. The zero-order chi connectivity index (χ0) is 28.2. The van der Waals surface area contributed by atoms with E-state index in [0.717, 1.165) is 21.1 Å². The number of hydrogen-bond donors (Lipinski definition) is 0. The summed E-state index contributed by atoms with van der Waals surface area (Å²) in [6.07, 6.45) is 3.90. The summed E-state index contributed by atoms with van der Waals surface area (Å²) in [6.45, 7) is 8.00. The Balaban J connectivity index is 0.000000886. The second-order valence-electron chi connectivity index (χ2n) is 7.92. The molecule has 0 fully saturated rings. The van der Waals surface area contributed by atoms with Crippen molar-refractivity contribution in [1.29, 1.82) is 0 Å². The summed E-state index contributed by atoms with van der Waals surface area (Å²) in [5.74, 6) is 0. The largest absolute Gasteiger partial charge is 0.255 e. The zero-order valence-corrected chi connectivity index (χ0v) is 26.3. The Labute approximate surface area is 253 Å². The first-order valence-corrected chi connectivity index (χ1v) is 16.7. The van der Waals surface area contributed by atoms with Gasteiger partial charge < -0.3 is 0 Å². The van der Waals surface area contributed by atoms with Gasteiger partial charge in [0.2, 0.25) is 0 Å². The third-order valence-electron chi connectivity index (χ3n) is 5.39. The van der Waals surface area contributed by atoms with Crippen molar-refractivity contribution in [3.8, 4) is 29.3 Å². The van der Waals surface area contributed by atoms with E-state index in [1.165, 1.54) is 29.3 Å². The van der Waals surface area contributed by atoms with Crippen molar-refractivity contribution in [2.24, 2.45) is 9.98 Å². The molecule has 4 heterocycles. The van der Waals surface area contributed by atoms with Crippen LogP contribution in [-0.4, -0.2) is 12.4 Å². The van der Waals surface area contributed by atoms with E-state index in [1.54, 1.807) is 22.7 Å². The van der Waals surface area contributed by atoms with E-state index in [0.29, 0.717) is 0 Å². The van der Waals surface area contributed by atoms with Crippen molar-refractivity contribution in [1.82, 2.24) is 0 Å². The Morgan fingerprint density at radius 3 is 1.02 bits per heavy atom. The van der Waals surface area contributed by atoms with E-state index >= 15 is 0 Å². The van der Waals surface area contributed by atoms with Gasteiger partial charge in [-0.15, -0.1) is 45.3 Å². The van der Waals surface area contributed by atoms with Crippen LogP contribution in [0.1, 0.15) is 37.4 Å². The maximum absolute atomic E-state index is 4.58. The second kappa shape index (κ2) is 15.4. The van der Waals surface area contributed by atoms with Gasteiger partial charge in [0.25, 0.3) is 0 Å². The first kappa shape index (κ1) is 29.6. The van der Waals surface area contributed by atoms with E-state index in [4.69, 9.17) is 0 Å². The molecule has 6 heteroatoms. The number of para-hydroxylation sites is 2. The summed E-state index contributed by atoms with van der Waals surface area (Å²) in [5.41, 5.74) is 1.95. The molecular weight excluding hydrogens is 565 g/mol. The van der Waals surface area contributed by atoms with E-state index in [-0.39, 0.29) is 0 Å². The van der Waals surface area contributed by atoms with Gasteiger partial charge in [-0.25, -0.2) is 0 Å². The molecule has 0 unspecified atom stereocenters. The molecule has 0 amide bonds. The van der Waals surface area contributed by atoms with Crippen molar-refractivity contribution < 1.29 is 0 Å². The van der Waals surface area contributed by atoms with Crippen molar-refractivity contribution in [3.05, 3.63) is 119 Å². The smallest absolute Gasteiger partial charge is 0.0630 e. The Morgan fingerprint density at radius 2 is 0.675 bits per heavy atom. The van der Waals surface area contributed by atoms with Gasteiger partial charge in [-0.3, -0.25) is 9.98 Å². The highest BCUT2D eigenvalue weighted by molar-refractivity contribution is 7.28. The number of aliphatic imine (C=N–C) groups is 2. The molecule has 0 saturated heterocycles. The molecule has 0 radical (unpaired) electrons. The average Bonchev–Trinajstić information content (AvgIpc) is 3.85. The Morgan fingerprint density at radius 1 is 0.375 bits per heavy atom. The molecule has 6 rings (SSSR count). The summed E-state index contributed by atoms with van der Waals surface area (Å²) in [4.78, 5) is 19.2. The first-order valence-electron chi connectivity index (χ1n) is 13.4. The van der Waals surface area contributed by atoms with E-state index in [9.17, 15) is 0 Å². The highest BCUT2D eigenvalue weighted by atomic mass is 32.1. The zero-order valence-electron chi connectivity index (χ0n) is 23.1. The molecule has 0 aliphatic heterocycles. The highest BCUT2D eigenvalue weighted by Crippen LogP contribution is 2.42. The summed E-state index contributed by atoms with van der Waals surface area (Å²) < 4.78 is 0. The number of nitrogens with zero attached hydrogens (tertiary/aromatic N) is 2. The molecule has 2 nitrogen and oxygen atoms in total. The standard InChI is InChI=1S/C30H20N2S4.2C2H6/c1-3-7-21(8-4-1)31-19-23-11-13-25(33-23)27-15-17-29(35-27)30-18-16-28(36-30)26-14-12-24(34-26)20-32-22-9-5-2-6-10-22;2*1-2/h1-20H;2*1-2H3. The van der Waals surface area contributed by atoms with Crippen LogP contribution in [0.5, 0.6) is 0 Å². The first-order chi connectivity index (χ1) is 19.8. The fourth-order valence-corrected chi connectivity index (χ4v) is 7.66. The lowest BCUT2D eigenvalue weighted by Gasteiger charge is -1.92. The maximum atomic E-state index is 4.58. The van der Waals surface area contributed by atoms with Crippen LogP contribution < -0.4 is 0 Å². The molecular formula is C34H32N2S4. The van der Waals surface area contributed by atoms with Gasteiger partial charge in [0.15, 0.2) is 0 Å². The number of thiophene rings is 4. The third-order valence-corrected chi connectivity index (χ3v) is 10.2. The van der Waals surface area contributed by atoms with Gasteiger partial charge in [-0.05, 0) is 72.8 Å². The van der Waals surface area contributed by atoms with Gasteiger partial charge in [0, 0.05) is 51.4 Å². The SMILES string of the molecule is C(=Nc1ccccc1)c1ccc(-c2ccc(-c3ccc(-c4ccc(C=Nc5ccccc5)s4)s3)s2)s1.CC.CC. The molecule has 0 saturated carbocycles. The molecule has 0 atom stereocenters. The average molecular weight is 597 g/mol. The topological polar surface area (TPSA) is 24.7 Å². The van der Waals surface area contributed by atoms with Crippen LogP contribution in [0.2, 0.25) is 0 Å². The van der Waals surface area contributed by atoms with Crippen LogP contribution in [0.3, 0.4) is 0 Å². The van der Waals surface area contributed by atoms with Gasteiger partial charge in [0.1, 0.15) is 0 Å². The van der Waals surface area contributed by atoms with Crippen molar-refractivity contribution in [2.45, 2.75) is 27.7 Å². The third kappa shape index (κ3) is 7.83. The molecule has 40 heavy (non-hydrogen) atoms. The molecule has 6 aromatic rings. The van der Waals surface area contributed by atoms with Gasteiger partial charge in [0.05, 0.1) is 11.4 Å². The summed E-state index contributed by atoms with van der Waals surface area (Å²) in [7, 11) is 0. The maximum Gasteiger partial charge on any atom is 0.0630 e. The molecule has 2 aromatic carbocycles. The van der Waals surface area contributed by atoms with Crippen LogP contribution >= 0.6 is 45.3 Å². The van der Waals surface area contributed by atoms with Gasteiger partial charge in [-0.2, -0.15) is 0 Å². The molecule has 0 spiro atoms.